The number of carbonyl (C=O) groups is 1. The van der Waals surface area contributed by atoms with Gasteiger partial charge in [-0.1, -0.05) is 13.8 Å². The fraction of sp³-hybridized carbons (Fsp3) is 0.667. The number of carbonyl (C=O) groups excluding carboxylic acids is 1. The molecule has 1 saturated carbocycles. The third-order valence-electron chi connectivity index (χ3n) is 4.76. The van der Waals surface area contributed by atoms with Gasteiger partial charge in [-0.05, 0) is 20.8 Å². The molecule has 0 saturated heterocycles. The summed E-state index contributed by atoms with van der Waals surface area (Å²) in [6, 6.07) is 0. The highest BCUT2D eigenvalue weighted by Gasteiger charge is 2.60. The predicted octanol–water partition coefficient (Wildman–Crippen LogP) is 2.45. The number of aryl methyl sites for hydroxylation is 2. The van der Waals surface area contributed by atoms with Crippen LogP contribution in [0.1, 0.15) is 49.1 Å². The van der Waals surface area contributed by atoms with Gasteiger partial charge in [0.25, 0.3) is 0 Å². The topological polar surface area (TPSA) is 61.3 Å². The normalized spacial score (nSPS) is 27.8. The summed E-state index contributed by atoms with van der Waals surface area (Å²) in [7, 11) is 1.69. The van der Waals surface area contributed by atoms with Gasteiger partial charge >= 0.3 is 5.97 Å². The molecule has 1 aromatic heterocycles. The average molecular weight is 278 g/mol. The van der Waals surface area contributed by atoms with E-state index >= 15 is 0 Å². The maximum atomic E-state index is 12.2. The highest BCUT2D eigenvalue weighted by Crippen LogP contribution is 2.53. The lowest BCUT2D eigenvalue weighted by Crippen LogP contribution is -2.64. The molecule has 1 fully saturated rings. The van der Waals surface area contributed by atoms with Crippen molar-refractivity contribution in [2.24, 2.45) is 5.41 Å². The Bertz CT molecular complexity index is 542. The first-order valence-electron chi connectivity index (χ1n) is 6.77. The minimum atomic E-state index is -0.362. The molecule has 0 aromatic carbocycles. The maximum Gasteiger partial charge on any atom is 0.341 e. The molecular weight excluding hydrogens is 256 g/mol. The molecule has 0 unspecified atom stereocenters. The van der Waals surface area contributed by atoms with E-state index in [2.05, 4.69) is 23.8 Å². The van der Waals surface area contributed by atoms with Crippen molar-refractivity contribution < 1.29 is 14.3 Å². The molecule has 0 radical (unpaired) electrons. The van der Waals surface area contributed by atoms with E-state index in [1.54, 1.807) is 21.0 Å². The van der Waals surface area contributed by atoms with Gasteiger partial charge in [0.2, 0.25) is 0 Å². The monoisotopic (exact) mass is 278 g/mol. The van der Waals surface area contributed by atoms with E-state index in [4.69, 9.17) is 9.47 Å². The molecule has 0 N–H and O–H groups in total. The summed E-state index contributed by atoms with van der Waals surface area (Å²) >= 11 is 0. The number of aromatic nitrogens is 2. The Hall–Kier alpha value is -1.49. The van der Waals surface area contributed by atoms with Crippen molar-refractivity contribution in [1.29, 1.82) is 0 Å². The number of hydrogen-bond donors (Lipinski definition) is 0. The summed E-state index contributed by atoms with van der Waals surface area (Å²) in [5, 5.41) is 0. The molecule has 1 aliphatic rings. The molecule has 2 atom stereocenters. The number of ether oxygens (including phenoxy) is 2. The van der Waals surface area contributed by atoms with Crippen molar-refractivity contribution in [3.63, 3.8) is 0 Å². The van der Waals surface area contributed by atoms with Crippen molar-refractivity contribution >= 4 is 5.97 Å². The molecule has 0 spiro atoms. The van der Waals surface area contributed by atoms with Gasteiger partial charge in [-0.3, -0.25) is 0 Å². The first-order valence-corrected chi connectivity index (χ1v) is 6.77. The standard InChI is InChI=1S/C15H22N2O3/c1-9-11(8-16-10(2)17-9)13(18)20-12-7-15(5,19-6)14(12,3)4/h8,12H,7H2,1-6H3/t12-,15+/m0/s1. The summed E-state index contributed by atoms with van der Waals surface area (Å²) in [4.78, 5) is 20.5. The zero-order valence-corrected chi connectivity index (χ0v) is 13.0. The van der Waals surface area contributed by atoms with Gasteiger partial charge in [0.15, 0.2) is 0 Å². The van der Waals surface area contributed by atoms with Gasteiger partial charge in [0.05, 0.1) is 16.9 Å². The number of nitrogens with zero attached hydrogens (tertiary/aromatic N) is 2. The van der Waals surface area contributed by atoms with E-state index in [1.807, 2.05) is 6.92 Å². The van der Waals surface area contributed by atoms with E-state index in [1.165, 1.54) is 6.20 Å². The molecule has 5 heteroatoms. The second-order valence-electron chi connectivity index (χ2n) is 6.17. The van der Waals surface area contributed by atoms with Crippen LogP contribution in [0.3, 0.4) is 0 Å². The van der Waals surface area contributed by atoms with Crippen LogP contribution in [0, 0.1) is 19.3 Å². The Kier molecular flexibility index (Phi) is 3.58. The molecule has 0 amide bonds. The lowest BCUT2D eigenvalue weighted by Gasteiger charge is -2.57. The Morgan fingerprint density at radius 1 is 1.35 bits per heavy atom. The van der Waals surface area contributed by atoms with Crippen molar-refractivity contribution in [1.82, 2.24) is 9.97 Å². The molecule has 0 aliphatic heterocycles. The van der Waals surface area contributed by atoms with E-state index in [0.717, 1.165) is 0 Å². The van der Waals surface area contributed by atoms with Gasteiger partial charge in [0.1, 0.15) is 11.9 Å². The van der Waals surface area contributed by atoms with Gasteiger partial charge in [-0.2, -0.15) is 0 Å². The van der Waals surface area contributed by atoms with Crippen LogP contribution in [0.25, 0.3) is 0 Å². The van der Waals surface area contributed by atoms with Gasteiger partial charge in [-0.25, -0.2) is 14.8 Å². The zero-order chi connectivity index (χ0) is 15.1. The highest BCUT2D eigenvalue weighted by atomic mass is 16.6. The summed E-state index contributed by atoms with van der Waals surface area (Å²) in [6.45, 7) is 9.72. The van der Waals surface area contributed by atoms with Crippen molar-refractivity contribution in [3.05, 3.63) is 23.3 Å². The Balaban J connectivity index is 2.11. The van der Waals surface area contributed by atoms with Crippen molar-refractivity contribution in [2.45, 2.75) is 52.7 Å². The SMILES string of the molecule is CO[C@]1(C)C[C@H](OC(=O)c2cnc(C)nc2C)C1(C)C. The molecule has 2 rings (SSSR count). The van der Waals surface area contributed by atoms with E-state index in [-0.39, 0.29) is 23.1 Å². The second-order valence-corrected chi connectivity index (χ2v) is 6.17. The van der Waals surface area contributed by atoms with Crippen LogP contribution in [-0.4, -0.2) is 34.8 Å². The third-order valence-corrected chi connectivity index (χ3v) is 4.76. The van der Waals surface area contributed by atoms with E-state index < -0.39 is 0 Å². The number of rotatable bonds is 3. The molecule has 5 nitrogen and oxygen atoms in total. The van der Waals surface area contributed by atoms with Gasteiger partial charge in [-0.15, -0.1) is 0 Å². The fourth-order valence-corrected chi connectivity index (χ4v) is 2.59. The quantitative estimate of drug-likeness (QED) is 0.795. The molecule has 1 aromatic rings. The van der Waals surface area contributed by atoms with Crippen molar-refractivity contribution in [2.75, 3.05) is 7.11 Å². The van der Waals surface area contributed by atoms with Crippen LogP contribution in [0.2, 0.25) is 0 Å². The summed E-state index contributed by atoms with van der Waals surface area (Å²) < 4.78 is 11.1. The van der Waals surface area contributed by atoms with Crippen LogP contribution in [0.15, 0.2) is 6.20 Å². The van der Waals surface area contributed by atoms with E-state index in [9.17, 15) is 4.79 Å². The smallest absolute Gasteiger partial charge is 0.341 e. The minimum absolute atomic E-state index is 0.152. The number of esters is 1. The van der Waals surface area contributed by atoms with Gasteiger partial charge < -0.3 is 9.47 Å². The van der Waals surface area contributed by atoms with Crippen LogP contribution >= 0.6 is 0 Å². The summed E-state index contributed by atoms with van der Waals surface area (Å²) in [5.74, 6) is 0.286. The highest BCUT2D eigenvalue weighted by molar-refractivity contribution is 5.90. The van der Waals surface area contributed by atoms with Gasteiger partial charge in [0, 0.05) is 25.1 Å². The molecule has 1 aliphatic carbocycles. The zero-order valence-electron chi connectivity index (χ0n) is 13.0. The number of methoxy groups -OCH3 is 1. The molecule has 1 heterocycles. The Labute approximate surface area is 119 Å². The third kappa shape index (κ3) is 2.20. The lowest BCUT2D eigenvalue weighted by atomic mass is 9.57. The molecule has 20 heavy (non-hydrogen) atoms. The fourth-order valence-electron chi connectivity index (χ4n) is 2.59. The Morgan fingerprint density at radius 2 is 2.00 bits per heavy atom. The van der Waals surface area contributed by atoms with Crippen LogP contribution in [0.5, 0.6) is 0 Å². The largest absolute Gasteiger partial charge is 0.458 e. The first-order chi connectivity index (χ1) is 9.21. The lowest BCUT2D eigenvalue weighted by molar-refractivity contribution is -0.229. The summed E-state index contributed by atoms with van der Waals surface area (Å²) in [6.07, 6.45) is 2.08. The molecular formula is C15H22N2O3. The molecule has 110 valence electrons. The number of hydrogen-bond acceptors (Lipinski definition) is 5. The average Bonchev–Trinajstić information content (AvgIpc) is 2.37. The van der Waals surface area contributed by atoms with Crippen LogP contribution < -0.4 is 0 Å². The molecule has 0 bridgehead atoms. The predicted molar refractivity (Wildman–Crippen MR) is 74.5 cm³/mol. The second kappa shape index (κ2) is 4.81. The summed E-state index contributed by atoms with van der Waals surface area (Å²) in [5.41, 5.74) is 0.611. The first kappa shape index (κ1) is 14.9. The minimum Gasteiger partial charge on any atom is -0.458 e. The van der Waals surface area contributed by atoms with Crippen LogP contribution in [-0.2, 0) is 9.47 Å². The van der Waals surface area contributed by atoms with E-state index in [0.29, 0.717) is 23.5 Å². The Morgan fingerprint density at radius 3 is 2.50 bits per heavy atom. The van der Waals surface area contributed by atoms with Crippen molar-refractivity contribution in [3.8, 4) is 0 Å². The maximum absolute atomic E-state index is 12.2. The van der Waals surface area contributed by atoms with Crippen LogP contribution in [0.4, 0.5) is 0 Å².